The zero-order valence-corrected chi connectivity index (χ0v) is 15.3. The largest absolute Gasteiger partial charge is 0.340 e. The fraction of sp³-hybridized carbons (Fsp3) is 0.350. The van der Waals surface area contributed by atoms with Crippen LogP contribution in [0.25, 0.3) is 0 Å². The van der Waals surface area contributed by atoms with Gasteiger partial charge in [-0.15, -0.1) is 0 Å². The average Bonchev–Trinajstić information content (AvgIpc) is 2.66. The van der Waals surface area contributed by atoms with Crippen LogP contribution in [0.1, 0.15) is 23.6 Å². The molecule has 6 heteroatoms. The summed E-state index contributed by atoms with van der Waals surface area (Å²) >= 11 is 6.10. The van der Waals surface area contributed by atoms with Crippen LogP contribution in [0, 0.1) is 5.82 Å². The van der Waals surface area contributed by atoms with Gasteiger partial charge in [0, 0.05) is 55.8 Å². The summed E-state index contributed by atoms with van der Waals surface area (Å²) in [7, 11) is 0. The van der Waals surface area contributed by atoms with Gasteiger partial charge in [-0.25, -0.2) is 4.39 Å². The fourth-order valence-electron chi connectivity index (χ4n) is 3.20. The van der Waals surface area contributed by atoms with E-state index >= 15 is 0 Å². The normalized spacial score (nSPS) is 16.5. The molecule has 1 unspecified atom stereocenters. The van der Waals surface area contributed by atoms with Crippen LogP contribution >= 0.6 is 11.6 Å². The topological polar surface area (TPSA) is 49.6 Å². The molecule has 1 heterocycles. The molecule has 0 radical (unpaired) electrons. The molecule has 0 spiro atoms. The van der Waals surface area contributed by atoms with Crippen LogP contribution in [-0.4, -0.2) is 41.9 Å². The summed E-state index contributed by atoms with van der Waals surface area (Å²) in [6.45, 7) is 3.07. The maximum absolute atomic E-state index is 13.9. The number of nitrogens with zero attached hydrogens (tertiary/aromatic N) is 2. The van der Waals surface area contributed by atoms with E-state index in [1.165, 1.54) is 6.07 Å². The van der Waals surface area contributed by atoms with Gasteiger partial charge in [0.2, 0.25) is 5.91 Å². The van der Waals surface area contributed by atoms with E-state index in [-0.39, 0.29) is 17.8 Å². The first-order chi connectivity index (χ1) is 12.5. The fourth-order valence-corrected chi connectivity index (χ4v) is 3.42. The number of amides is 1. The maximum Gasteiger partial charge on any atom is 0.224 e. The highest BCUT2D eigenvalue weighted by molar-refractivity contribution is 6.31. The van der Waals surface area contributed by atoms with Gasteiger partial charge in [-0.05, 0) is 17.7 Å². The van der Waals surface area contributed by atoms with Crippen molar-refractivity contribution in [2.75, 3.05) is 26.2 Å². The summed E-state index contributed by atoms with van der Waals surface area (Å²) in [4.78, 5) is 16.5. The SMILES string of the molecule is NC(CC(=O)N1CCN(Cc2c(F)cccc2Cl)CC1)c1ccccc1. The highest BCUT2D eigenvalue weighted by Crippen LogP contribution is 2.22. The third-order valence-corrected chi connectivity index (χ3v) is 5.14. The molecule has 0 aromatic heterocycles. The summed E-state index contributed by atoms with van der Waals surface area (Å²) in [6.07, 6.45) is 0.295. The van der Waals surface area contributed by atoms with Crippen molar-refractivity contribution in [3.05, 3.63) is 70.5 Å². The molecule has 1 saturated heterocycles. The van der Waals surface area contributed by atoms with Gasteiger partial charge in [0.05, 0.1) is 0 Å². The Balaban J connectivity index is 1.51. The minimum atomic E-state index is -0.293. The Kier molecular flexibility index (Phi) is 6.25. The molecule has 138 valence electrons. The molecule has 1 atom stereocenters. The van der Waals surface area contributed by atoms with Crippen molar-refractivity contribution in [1.29, 1.82) is 0 Å². The van der Waals surface area contributed by atoms with Crippen LogP contribution < -0.4 is 5.73 Å². The Morgan fingerprint density at radius 2 is 1.77 bits per heavy atom. The lowest BCUT2D eigenvalue weighted by Gasteiger charge is -2.35. The predicted molar refractivity (Wildman–Crippen MR) is 101 cm³/mol. The standard InChI is InChI=1S/C20H23ClFN3O/c21-17-7-4-8-18(22)16(17)14-24-9-11-25(12-10-24)20(26)13-19(23)15-5-2-1-3-6-15/h1-8,19H,9-14,23H2. The number of piperazine rings is 1. The number of nitrogens with two attached hydrogens (primary N) is 1. The molecule has 3 rings (SSSR count). The lowest BCUT2D eigenvalue weighted by molar-refractivity contribution is -0.133. The van der Waals surface area contributed by atoms with Crippen LogP contribution in [0.15, 0.2) is 48.5 Å². The van der Waals surface area contributed by atoms with Gasteiger partial charge in [-0.2, -0.15) is 0 Å². The minimum Gasteiger partial charge on any atom is -0.340 e. The summed E-state index contributed by atoms with van der Waals surface area (Å²) < 4.78 is 13.9. The van der Waals surface area contributed by atoms with Gasteiger partial charge < -0.3 is 10.6 Å². The number of hydrogen-bond donors (Lipinski definition) is 1. The van der Waals surface area contributed by atoms with Crippen LogP contribution in [0.2, 0.25) is 5.02 Å². The van der Waals surface area contributed by atoms with Gasteiger partial charge in [-0.3, -0.25) is 9.69 Å². The van der Waals surface area contributed by atoms with Gasteiger partial charge >= 0.3 is 0 Å². The average molecular weight is 376 g/mol. The molecule has 0 saturated carbocycles. The summed E-state index contributed by atoms with van der Waals surface area (Å²) in [5, 5.41) is 0.442. The monoisotopic (exact) mass is 375 g/mol. The number of benzene rings is 2. The van der Waals surface area contributed by atoms with Crippen molar-refractivity contribution in [3.63, 3.8) is 0 Å². The Morgan fingerprint density at radius 3 is 2.42 bits per heavy atom. The van der Waals surface area contributed by atoms with Gasteiger partial charge in [0.15, 0.2) is 0 Å². The van der Waals surface area contributed by atoms with Crippen LogP contribution in [-0.2, 0) is 11.3 Å². The first-order valence-corrected chi connectivity index (χ1v) is 9.16. The Morgan fingerprint density at radius 1 is 1.08 bits per heavy atom. The van der Waals surface area contributed by atoms with E-state index in [0.29, 0.717) is 49.7 Å². The lowest BCUT2D eigenvalue weighted by Crippen LogP contribution is -2.48. The quantitative estimate of drug-likeness (QED) is 0.873. The molecule has 2 N–H and O–H groups in total. The molecular formula is C20H23ClFN3O. The third-order valence-electron chi connectivity index (χ3n) is 4.79. The van der Waals surface area contributed by atoms with E-state index in [0.717, 1.165) is 5.56 Å². The van der Waals surface area contributed by atoms with Gasteiger partial charge in [0.25, 0.3) is 0 Å². The number of hydrogen-bond acceptors (Lipinski definition) is 3. The Hall–Kier alpha value is -1.95. The van der Waals surface area contributed by atoms with E-state index in [1.54, 1.807) is 12.1 Å². The van der Waals surface area contributed by atoms with Crippen LogP contribution in [0.3, 0.4) is 0 Å². The molecule has 2 aromatic carbocycles. The van der Waals surface area contributed by atoms with Gasteiger partial charge in [0.1, 0.15) is 5.82 Å². The van der Waals surface area contributed by atoms with Crippen LogP contribution in [0.5, 0.6) is 0 Å². The molecule has 0 bridgehead atoms. The zero-order valence-electron chi connectivity index (χ0n) is 14.6. The molecule has 4 nitrogen and oxygen atoms in total. The molecular weight excluding hydrogens is 353 g/mol. The maximum atomic E-state index is 13.9. The Labute approximate surface area is 158 Å². The third kappa shape index (κ3) is 4.61. The minimum absolute atomic E-state index is 0.0601. The summed E-state index contributed by atoms with van der Waals surface area (Å²) in [5.74, 6) is -0.227. The highest BCUT2D eigenvalue weighted by atomic mass is 35.5. The smallest absolute Gasteiger partial charge is 0.224 e. The van der Waals surface area contributed by atoms with E-state index < -0.39 is 0 Å². The predicted octanol–water partition coefficient (Wildman–Crippen LogP) is 3.21. The van der Waals surface area contributed by atoms with Crippen molar-refractivity contribution >= 4 is 17.5 Å². The summed E-state index contributed by atoms with van der Waals surface area (Å²) in [5.41, 5.74) is 7.63. The molecule has 1 aliphatic heterocycles. The molecule has 26 heavy (non-hydrogen) atoms. The van der Waals surface area contributed by atoms with E-state index in [9.17, 15) is 9.18 Å². The molecule has 1 aliphatic rings. The zero-order chi connectivity index (χ0) is 18.5. The molecule has 2 aromatic rings. The van der Waals surface area contributed by atoms with Crippen molar-refractivity contribution in [1.82, 2.24) is 9.80 Å². The number of carbonyl (C=O) groups excluding carboxylic acids is 1. The first-order valence-electron chi connectivity index (χ1n) is 8.78. The number of rotatable bonds is 5. The molecule has 1 fully saturated rings. The lowest BCUT2D eigenvalue weighted by atomic mass is 10.0. The van der Waals surface area contributed by atoms with Gasteiger partial charge in [-0.1, -0.05) is 48.0 Å². The van der Waals surface area contributed by atoms with E-state index in [2.05, 4.69) is 4.90 Å². The second-order valence-corrected chi connectivity index (χ2v) is 6.99. The van der Waals surface area contributed by atoms with Crippen molar-refractivity contribution in [2.45, 2.75) is 19.0 Å². The first kappa shape index (κ1) is 18.8. The van der Waals surface area contributed by atoms with E-state index in [4.69, 9.17) is 17.3 Å². The second-order valence-electron chi connectivity index (χ2n) is 6.58. The molecule has 1 amide bonds. The number of carbonyl (C=O) groups is 1. The van der Waals surface area contributed by atoms with Crippen molar-refractivity contribution < 1.29 is 9.18 Å². The summed E-state index contributed by atoms with van der Waals surface area (Å²) in [6, 6.07) is 14.1. The number of halogens is 2. The second kappa shape index (κ2) is 8.62. The van der Waals surface area contributed by atoms with Crippen molar-refractivity contribution in [3.8, 4) is 0 Å². The Bertz CT molecular complexity index is 728. The molecule has 0 aliphatic carbocycles. The highest BCUT2D eigenvalue weighted by Gasteiger charge is 2.24. The van der Waals surface area contributed by atoms with E-state index in [1.807, 2.05) is 35.2 Å². The van der Waals surface area contributed by atoms with Crippen molar-refractivity contribution in [2.24, 2.45) is 5.73 Å². The van der Waals surface area contributed by atoms with Crippen LogP contribution in [0.4, 0.5) is 4.39 Å².